The van der Waals surface area contributed by atoms with Crippen molar-refractivity contribution in [3.8, 4) is 6.07 Å². The molecule has 2 fully saturated rings. The van der Waals surface area contributed by atoms with E-state index in [-0.39, 0.29) is 22.3 Å². The smallest absolute Gasteiger partial charge is 0.243 e. The molecule has 2 unspecified atom stereocenters. The summed E-state index contributed by atoms with van der Waals surface area (Å²) in [7, 11) is -3.61. The van der Waals surface area contributed by atoms with Gasteiger partial charge in [0.1, 0.15) is 0 Å². The van der Waals surface area contributed by atoms with Gasteiger partial charge in [-0.1, -0.05) is 13.8 Å². The minimum absolute atomic E-state index is 0.0200. The Morgan fingerprint density at radius 1 is 1.12 bits per heavy atom. The highest BCUT2D eigenvalue weighted by molar-refractivity contribution is 7.89. The van der Waals surface area contributed by atoms with Crippen LogP contribution in [0.25, 0.3) is 0 Å². The fraction of sp³-hybridized carbons (Fsp3) is 0.667. The molecule has 1 N–H and O–H groups in total. The quantitative estimate of drug-likeness (QED) is 0.705. The zero-order valence-corrected chi connectivity index (χ0v) is 20.5. The predicted molar refractivity (Wildman–Crippen MR) is 124 cm³/mol. The summed E-state index contributed by atoms with van der Waals surface area (Å²) in [5.74, 6) is 1.18. The van der Waals surface area contributed by atoms with Crippen LogP contribution in [-0.4, -0.2) is 61.8 Å². The predicted octanol–water partition coefficient (Wildman–Crippen LogP) is 2.83. The molecule has 2 atom stereocenters. The Balaban J connectivity index is 1.52. The number of carbonyl (C=O) groups is 1. The monoisotopic (exact) mass is 460 g/mol. The highest BCUT2D eigenvalue weighted by Gasteiger charge is 2.35. The number of benzene rings is 1. The second-order valence-corrected chi connectivity index (χ2v) is 12.1. The summed E-state index contributed by atoms with van der Waals surface area (Å²) < 4.78 is 27.2. The summed E-state index contributed by atoms with van der Waals surface area (Å²) in [6.45, 7) is 12.3. The maximum absolute atomic E-state index is 12.9. The number of nitriles is 1. The van der Waals surface area contributed by atoms with Crippen LogP contribution in [0.15, 0.2) is 29.2 Å². The molecule has 0 aliphatic carbocycles. The molecule has 0 saturated carbocycles. The molecule has 2 aliphatic rings. The Bertz CT molecular complexity index is 934. The van der Waals surface area contributed by atoms with Gasteiger partial charge in [-0.15, -0.1) is 0 Å². The minimum atomic E-state index is -3.61. The summed E-state index contributed by atoms with van der Waals surface area (Å²) in [4.78, 5) is 15.5. The summed E-state index contributed by atoms with van der Waals surface area (Å²) in [5, 5.41) is 12.0. The molecule has 32 heavy (non-hydrogen) atoms. The number of carbonyl (C=O) groups excluding carboxylic acids is 1. The molecule has 7 nitrogen and oxygen atoms in total. The van der Waals surface area contributed by atoms with Gasteiger partial charge in [-0.25, -0.2) is 8.42 Å². The first kappa shape index (κ1) is 24.7. The number of nitrogens with zero attached hydrogens (tertiary/aromatic N) is 3. The molecule has 2 saturated heterocycles. The summed E-state index contributed by atoms with van der Waals surface area (Å²) in [5.41, 5.74) is 0.314. The molecule has 176 valence electrons. The normalized spacial score (nSPS) is 24.1. The first-order valence-electron chi connectivity index (χ1n) is 11.6. The van der Waals surface area contributed by atoms with Crippen LogP contribution in [0.5, 0.6) is 0 Å². The van der Waals surface area contributed by atoms with Crippen LogP contribution in [-0.2, 0) is 14.8 Å². The minimum Gasteiger partial charge on any atom is -0.354 e. The third-order valence-corrected chi connectivity index (χ3v) is 8.78. The van der Waals surface area contributed by atoms with Gasteiger partial charge in [-0.05, 0) is 69.2 Å². The Kier molecular flexibility index (Phi) is 7.64. The molecule has 0 radical (unpaired) electrons. The first-order valence-corrected chi connectivity index (χ1v) is 13.0. The lowest BCUT2D eigenvalue weighted by Gasteiger charge is -2.45. The van der Waals surface area contributed by atoms with Crippen molar-refractivity contribution in [2.45, 2.75) is 57.4 Å². The van der Waals surface area contributed by atoms with E-state index in [4.69, 9.17) is 5.26 Å². The number of sulfonamides is 1. The zero-order chi connectivity index (χ0) is 23.5. The number of hydrogen-bond donors (Lipinski definition) is 1. The number of nitrogens with one attached hydrogen (secondary N) is 1. The van der Waals surface area contributed by atoms with Crippen molar-refractivity contribution < 1.29 is 13.2 Å². The van der Waals surface area contributed by atoms with E-state index in [2.05, 4.69) is 37.9 Å². The molecule has 1 aromatic rings. The van der Waals surface area contributed by atoms with Gasteiger partial charge in [-0.2, -0.15) is 9.57 Å². The number of piperidine rings is 2. The highest BCUT2D eigenvalue weighted by Crippen LogP contribution is 2.28. The van der Waals surface area contributed by atoms with Gasteiger partial charge in [0.05, 0.1) is 16.5 Å². The van der Waals surface area contributed by atoms with Crippen LogP contribution in [0.3, 0.4) is 0 Å². The average Bonchev–Trinajstić information content (AvgIpc) is 2.77. The van der Waals surface area contributed by atoms with E-state index in [1.165, 1.54) is 35.0 Å². The lowest BCUT2D eigenvalue weighted by atomic mass is 9.88. The Hall–Kier alpha value is -1.95. The number of hydrogen-bond acceptors (Lipinski definition) is 5. The zero-order valence-electron chi connectivity index (χ0n) is 19.7. The van der Waals surface area contributed by atoms with Gasteiger partial charge in [-0.3, -0.25) is 9.69 Å². The molecule has 1 amide bonds. The van der Waals surface area contributed by atoms with Crippen LogP contribution in [0.4, 0.5) is 0 Å². The van der Waals surface area contributed by atoms with Crippen molar-refractivity contribution in [1.82, 2.24) is 14.5 Å². The fourth-order valence-corrected chi connectivity index (χ4v) is 6.40. The van der Waals surface area contributed by atoms with Gasteiger partial charge in [0.25, 0.3) is 0 Å². The number of rotatable bonds is 6. The molecule has 0 aromatic heterocycles. The van der Waals surface area contributed by atoms with Crippen molar-refractivity contribution in [1.29, 1.82) is 5.26 Å². The third kappa shape index (κ3) is 5.69. The average molecular weight is 461 g/mol. The molecule has 2 heterocycles. The van der Waals surface area contributed by atoms with Crippen molar-refractivity contribution in [3.63, 3.8) is 0 Å². The summed E-state index contributed by atoms with van der Waals surface area (Å²) in [6.07, 6.45) is 2.28. The van der Waals surface area contributed by atoms with Crippen LogP contribution < -0.4 is 5.32 Å². The fourth-order valence-electron chi connectivity index (χ4n) is 4.93. The van der Waals surface area contributed by atoms with E-state index in [0.29, 0.717) is 49.9 Å². The van der Waals surface area contributed by atoms with E-state index >= 15 is 0 Å². The molecular formula is C24H36N4O3S. The third-order valence-electron chi connectivity index (χ3n) is 6.87. The van der Waals surface area contributed by atoms with E-state index < -0.39 is 10.0 Å². The van der Waals surface area contributed by atoms with Crippen LogP contribution in [0, 0.1) is 29.1 Å². The highest BCUT2D eigenvalue weighted by atomic mass is 32.2. The van der Waals surface area contributed by atoms with E-state index in [1.54, 1.807) is 0 Å². The standard InChI is InChI=1S/C24H36N4O3S/c1-18-13-19(2)16-27(15-18)24(3,4)17-26-23(29)21-9-11-28(12-10-21)32(30,31)22-7-5-20(14-25)6-8-22/h5-8,18-19,21H,9-13,15-17H2,1-4H3,(H,26,29). The van der Waals surface area contributed by atoms with Crippen molar-refractivity contribution >= 4 is 15.9 Å². The van der Waals surface area contributed by atoms with Crippen LogP contribution in [0.1, 0.15) is 52.5 Å². The van der Waals surface area contributed by atoms with Gasteiger partial charge in [0.2, 0.25) is 15.9 Å². The van der Waals surface area contributed by atoms with Crippen LogP contribution in [0.2, 0.25) is 0 Å². The number of likely N-dealkylation sites (tertiary alicyclic amines) is 1. The molecule has 3 rings (SSSR count). The summed E-state index contributed by atoms with van der Waals surface area (Å²) in [6, 6.07) is 7.96. The second kappa shape index (κ2) is 9.90. The molecule has 8 heteroatoms. The second-order valence-electron chi connectivity index (χ2n) is 10.2. The van der Waals surface area contributed by atoms with E-state index in [9.17, 15) is 13.2 Å². The maximum atomic E-state index is 12.9. The SMILES string of the molecule is CC1CC(C)CN(C(C)(C)CNC(=O)C2CCN(S(=O)(=O)c3ccc(C#N)cc3)CC2)C1. The Labute approximate surface area is 192 Å². The largest absolute Gasteiger partial charge is 0.354 e. The molecule has 0 spiro atoms. The molecule has 1 aromatic carbocycles. The van der Waals surface area contributed by atoms with E-state index in [1.807, 2.05) is 6.07 Å². The molecule has 2 aliphatic heterocycles. The number of amides is 1. The van der Waals surface area contributed by atoms with Gasteiger partial charge < -0.3 is 5.32 Å². The lowest BCUT2D eigenvalue weighted by Crippen LogP contribution is -2.56. The molecule has 0 bridgehead atoms. The van der Waals surface area contributed by atoms with Gasteiger partial charge >= 0.3 is 0 Å². The Morgan fingerprint density at radius 3 is 2.22 bits per heavy atom. The maximum Gasteiger partial charge on any atom is 0.243 e. The topological polar surface area (TPSA) is 93.5 Å². The van der Waals surface area contributed by atoms with E-state index in [0.717, 1.165) is 13.1 Å². The van der Waals surface area contributed by atoms with Gasteiger partial charge in [0.15, 0.2) is 0 Å². The Morgan fingerprint density at radius 2 is 1.69 bits per heavy atom. The van der Waals surface area contributed by atoms with Crippen molar-refractivity contribution in [2.75, 3.05) is 32.7 Å². The van der Waals surface area contributed by atoms with Crippen LogP contribution >= 0.6 is 0 Å². The summed E-state index contributed by atoms with van der Waals surface area (Å²) >= 11 is 0. The van der Waals surface area contributed by atoms with Crippen molar-refractivity contribution in [2.24, 2.45) is 17.8 Å². The lowest BCUT2D eigenvalue weighted by molar-refractivity contribution is -0.126. The first-order chi connectivity index (χ1) is 15.0. The molecular weight excluding hydrogens is 424 g/mol. The van der Waals surface area contributed by atoms with Crippen molar-refractivity contribution in [3.05, 3.63) is 29.8 Å². The van der Waals surface area contributed by atoms with Gasteiger partial charge in [0, 0.05) is 44.2 Å².